The molecule has 130 valence electrons. The molecule has 2 rings (SSSR count). The van der Waals surface area contributed by atoms with Crippen LogP contribution < -0.4 is 10.2 Å². The van der Waals surface area contributed by atoms with Crippen molar-refractivity contribution in [3.8, 4) is 5.75 Å². The first-order chi connectivity index (χ1) is 12.1. The zero-order valence-electron chi connectivity index (χ0n) is 14.9. The second-order valence-electron chi connectivity index (χ2n) is 6.07. The highest BCUT2D eigenvalue weighted by Gasteiger charge is 2.09. The molecule has 2 aromatic carbocycles. The SMILES string of the molecule is Cc1ccc(C(C)C)c(OCC(=O)N/N=C\C=C\c2ccccc2)c1. The monoisotopic (exact) mass is 336 g/mol. The Bertz CT molecular complexity index is 750. The standard InChI is InChI=1S/C21H24N2O2/c1-16(2)19-12-11-17(3)14-20(19)25-15-21(24)23-22-13-7-10-18-8-5-4-6-9-18/h4-14,16H,15H2,1-3H3,(H,23,24)/b10-7+,22-13-. The second-order valence-corrected chi connectivity index (χ2v) is 6.07. The van der Waals surface area contributed by atoms with E-state index in [1.54, 1.807) is 6.08 Å². The Balaban J connectivity index is 1.82. The zero-order valence-corrected chi connectivity index (χ0v) is 14.9. The van der Waals surface area contributed by atoms with Crippen LogP contribution in [-0.4, -0.2) is 18.7 Å². The first-order valence-electron chi connectivity index (χ1n) is 8.33. The molecule has 0 aliphatic carbocycles. The number of hydrogen-bond acceptors (Lipinski definition) is 3. The van der Waals surface area contributed by atoms with Gasteiger partial charge in [-0.15, -0.1) is 0 Å². The quantitative estimate of drug-likeness (QED) is 0.605. The number of hydrogen-bond donors (Lipinski definition) is 1. The van der Waals surface area contributed by atoms with Crippen LogP contribution in [0.5, 0.6) is 5.75 Å². The van der Waals surface area contributed by atoms with Crippen LogP contribution >= 0.6 is 0 Å². The number of nitrogens with one attached hydrogen (secondary N) is 1. The van der Waals surface area contributed by atoms with Gasteiger partial charge in [-0.25, -0.2) is 5.43 Å². The molecule has 0 radical (unpaired) electrons. The zero-order chi connectivity index (χ0) is 18.1. The Hall–Kier alpha value is -2.88. The van der Waals surface area contributed by atoms with E-state index in [0.29, 0.717) is 5.92 Å². The number of benzene rings is 2. The van der Waals surface area contributed by atoms with Crippen LogP contribution in [0.3, 0.4) is 0 Å². The van der Waals surface area contributed by atoms with Crippen molar-refractivity contribution in [3.63, 3.8) is 0 Å². The summed E-state index contributed by atoms with van der Waals surface area (Å²) < 4.78 is 5.66. The highest BCUT2D eigenvalue weighted by atomic mass is 16.5. The molecule has 1 N–H and O–H groups in total. The number of carbonyl (C=O) groups is 1. The molecule has 0 bridgehead atoms. The fourth-order valence-corrected chi connectivity index (χ4v) is 2.29. The lowest BCUT2D eigenvalue weighted by atomic mass is 10.0. The van der Waals surface area contributed by atoms with Crippen LogP contribution in [0.1, 0.15) is 36.5 Å². The maximum Gasteiger partial charge on any atom is 0.277 e. The summed E-state index contributed by atoms with van der Waals surface area (Å²) in [4.78, 5) is 11.8. The van der Waals surface area contributed by atoms with E-state index < -0.39 is 0 Å². The summed E-state index contributed by atoms with van der Waals surface area (Å²) in [5.41, 5.74) is 5.72. The summed E-state index contributed by atoms with van der Waals surface area (Å²) >= 11 is 0. The molecule has 0 heterocycles. The van der Waals surface area contributed by atoms with E-state index in [2.05, 4.69) is 24.4 Å². The van der Waals surface area contributed by atoms with Crippen molar-refractivity contribution in [2.75, 3.05) is 6.61 Å². The Kier molecular flexibility index (Phi) is 6.96. The van der Waals surface area contributed by atoms with Gasteiger partial charge >= 0.3 is 0 Å². The summed E-state index contributed by atoms with van der Waals surface area (Å²) in [5.74, 6) is 0.790. The lowest BCUT2D eigenvalue weighted by molar-refractivity contribution is -0.123. The van der Waals surface area contributed by atoms with Gasteiger partial charge in [-0.05, 0) is 41.7 Å². The van der Waals surface area contributed by atoms with Crippen LogP contribution in [0.15, 0.2) is 59.7 Å². The lowest BCUT2D eigenvalue weighted by Crippen LogP contribution is -2.24. The number of carbonyl (C=O) groups excluding carboxylic acids is 1. The Morgan fingerprint density at radius 1 is 1.20 bits per heavy atom. The third kappa shape index (κ3) is 6.26. The number of nitrogens with zero attached hydrogens (tertiary/aromatic N) is 1. The van der Waals surface area contributed by atoms with Gasteiger partial charge in [0.25, 0.3) is 5.91 Å². The molecule has 0 aromatic heterocycles. The Morgan fingerprint density at radius 3 is 2.68 bits per heavy atom. The summed E-state index contributed by atoms with van der Waals surface area (Å²) in [6, 6.07) is 15.9. The molecule has 0 unspecified atom stereocenters. The number of allylic oxidation sites excluding steroid dienone is 1. The third-order valence-electron chi connectivity index (χ3n) is 3.59. The molecular weight excluding hydrogens is 312 g/mol. The summed E-state index contributed by atoms with van der Waals surface area (Å²) in [6.45, 7) is 6.13. The van der Waals surface area contributed by atoms with Crippen molar-refractivity contribution in [3.05, 3.63) is 71.3 Å². The smallest absolute Gasteiger partial charge is 0.277 e. The third-order valence-corrected chi connectivity index (χ3v) is 3.59. The normalized spacial score (nSPS) is 11.4. The highest BCUT2D eigenvalue weighted by Crippen LogP contribution is 2.27. The first kappa shape index (κ1) is 18.5. The summed E-state index contributed by atoms with van der Waals surface area (Å²) in [5, 5.41) is 3.88. The van der Waals surface area contributed by atoms with Crippen molar-refractivity contribution >= 4 is 18.2 Å². The molecule has 4 heteroatoms. The maximum absolute atomic E-state index is 11.8. The molecule has 0 atom stereocenters. The van der Waals surface area contributed by atoms with E-state index in [1.807, 2.05) is 61.5 Å². The average molecular weight is 336 g/mol. The van der Waals surface area contributed by atoms with Gasteiger partial charge in [0, 0.05) is 6.21 Å². The molecule has 0 aliphatic rings. The van der Waals surface area contributed by atoms with Gasteiger partial charge in [0.2, 0.25) is 0 Å². The number of ether oxygens (including phenoxy) is 1. The molecule has 0 spiro atoms. The van der Waals surface area contributed by atoms with Crippen LogP contribution in [0.2, 0.25) is 0 Å². The van der Waals surface area contributed by atoms with Gasteiger partial charge in [-0.1, -0.05) is 62.4 Å². The van der Waals surface area contributed by atoms with Gasteiger partial charge in [0.15, 0.2) is 6.61 Å². The predicted molar refractivity (Wildman–Crippen MR) is 103 cm³/mol. The van der Waals surface area contributed by atoms with Crippen molar-refractivity contribution < 1.29 is 9.53 Å². The molecule has 2 aromatic rings. The fraction of sp³-hybridized carbons (Fsp3) is 0.238. The van der Waals surface area contributed by atoms with Crippen molar-refractivity contribution in [2.24, 2.45) is 5.10 Å². The molecular formula is C21H24N2O2. The van der Waals surface area contributed by atoms with Gasteiger partial charge in [0.05, 0.1) is 0 Å². The minimum Gasteiger partial charge on any atom is -0.483 e. The van der Waals surface area contributed by atoms with E-state index in [9.17, 15) is 4.79 Å². The Labute approximate surface area is 149 Å². The average Bonchev–Trinajstić information content (AvgIpc) is 2.60. The van der Waals surface area contributed by atoms with E-state index >= 15 is 0 Å². The molecule has 25 heavy (non-hydrogen) atoms. The summed E-state index contributed by atoms with van der Waals surface area (Å²) in [7, 11) is 0. The molecule has 4 nitrogen and oxygen atoms in total. The fourth-order valence-electron chi connectivity index (χ4n) is 2.29. The number of aryl methyl sites for hydroxylation is 1. The summed E-state index contributed by atoms with van der Waals surface area (Å²) in [6.07, 6.45) is 5.22. The Morgan fingerprint density at radius 2 is 1.96 bits per heavy atom. The van der Waals surface area contributed by atoms with Crippen LogP contribution in [-0.2, 0) is 4.79 Å². The molecule has 0 fully saturated rings. The minimum absolute atomic E-state index is 0.0666. The van der Waals surface area contributed by atoms with Gasteiger partial charge in [0.1, 0.15) is 5.75 Å². The number of hydrazone groups is 1. The van der Waals surface area contributed by atoms with Gasteiger partial charge in [-0.3, -0.25) is 4.79 Å². The molecule has 0 saturated carbocycles. The van der Waals surface area contributed by atoms with E-state index in [4.69, 9.17) is 4.74 Å². The van der Waals surface area contributed by atoms with Gasteiger partial charge < -0.3 is 4.74 Å². The van der Waals surface area contributed by atoms with Crippen molar-refractivity contribution in [2.45, 2.75) is 26.7 Å². The van der Waals surface area contributed by atoms with E-state index in [0.717, 1.165) is 22.4 Å². The van der Waals surface area contributed by atoms with Crippen LogP contribution in [0, 0.1) is 6.92 Å². The van der Waals surface area contributed by atoms with Crippen LogP contribution in [0.25, 0.3) is 6.08 Å². The lowest BCUT2D eigenvalue weighted by Gasteiger charge is -2.14. The van der Waals surface area contributed by atoms with E-state index in [-0.39, 0.29) is 12.5 Å². The topological polar surface area (TPSA) is 50.7 Å². The molecule has 0 saturated heterocycles. The second kappa shape index (κ2) is 9.42. The highest BCUT2D eigenvalue weighted by molar-refractivity contribution is 5.82. The first-order valence-corrected chi connectivity index (χ1v) is 8.33. The van der Waals surface area contributed by atoms with Gasteiger partial charge in [-0.2, -0.15) is 5.10 Å². The van der Waals surface area contributed by atoms with Crippen LogP contribution in [0.4, 0.5) is 0 Å². The van der Waals surface area contributed by atoms with Crippen molar-refractivity contribution in [1.29, 1.82) is 0 Å². The predicted octanol–water partition coefficient (Wildman–Crippen LogP) is 4.31. The largest absolute Gasteiger partial charge is 0.483 e. The minimum atomic E-state index is -0.291. The molecule has 0 aliphatic heterocycles. The van der Waals surface area contributed by atoms with Crippen molar-refractivity contribution in [1.82, 2.24) is 5.43 Å². The molecule has 1 amide bonds. The number of amides is 1. The maximum atomic E-state index is 11.8. The number of rotatable bonds is 7. The van der Waals surface area contributed by atoms with E-state index in [1.165, 1.54) is 6.21 Å².